The number of nitrogens with zero attached hydrogens (tertiary/aromatic N) is 2. The van der Waals surface area contributed by atoms with E-state index in [2.05, 4.69) is 11.2 Å². The van der Waals surface area contributed by atoms with Gasteiger partial charge in [0, 0.05) is 6.07 Å². The quantitative estimate of drug-likeness (QED) is 0.729. The van der Waals surface area contributed by atoms with Gasteiger partial charge < -0.3 is 9.26 Å². The molecule has 98 valence electrons. The fraction of sp³-hybridized carbons (Fsp3) is 0.0667. The summed E-state index contributed by atoms with van der Waals surface area (Å²) in [4.78, 5) is 1.04. The minimum atomic E-state index is 0.309. The molecule has 0 radical (unpaired) electrons. The zero-order valence-corrected chi connectivity index (χ0v) is 11.3. The first kappa shape index (κ1) is 12.5. The van der Waals surface area contributed by atoms with Gasteiger partial charge in [-0.2, -0.15) is 5.26 Å². The lowest BCUT2D eigenvalue weighted by Gasteiger charge is -2.03. The summed E-state index contributed by atoms with van der Waals surface area (Å²) in [6.07, 6.45) is 0. The standard InChI is InChI=1S/C15H10N2O2S/c16-9-11-3-1-4-13(7-11)18-10-12-8-14(19-17-12)15-5-2-6-20-15/h1-8H,10H2. The largest absolute Gasteiger partial charge is 0.487 e. The van der Waals surface area contributed by atoms with Gasteiger partial charge in [0.2, 0.25) is 0 Å². The number of hydrogen-bond donors (Lipinski definition) is 0. The van der Waals surface area contributed by atoms with Crippen LogP contribution in [0, 0.1) is 11.3 Å². The molecule has 0 saturated carbocycles. The predicted molar refractivity (Wildman–Crippen MR) is 75.3 cm³/mol. The van der Waals surface area contributed by atoms with E-state index < -0.39 is 0 Å². The van der Waals surface area contributed by atoms with Crippen LogP contribution in [0.3, 0.4) is 0 Å². The summed E-state index contributed by atoms with van der Waals surface area (Å²) in [5.41, 5.74) is 1.29. The van der Waals surface area contributed by atoms with Crippen LogP contribution in [-0.4, -0.2) is 5.16 Å². The normalized spacial score (nSPS) is 10.2. The molecule has 0 unspecified atom stereocenters. The van der Waals surface area contributed by atoms with Crippen molar-refractivity contribution in [2.75, 3.05) is 0 Å². The molecule has 4 nitrogen and oxygen atoms in total. The SMILES string of the molecule is N#Cc1cccc(OCc2cc(-c3cccs3)on2)c1. The van der Waals surface area contributed by atoms with Gasteiger partial charge in [0.15, 0.2) is 5.76 Å². The summed E-state index contributed by atoms with van der Waals surface area (Å²) in [6.45, 7) is 0.309. The minimum Gasteiger partial charge on any atom is -0.487 e. The predicted octanol–water partition coefficient (Wildman–Crippen LogP) is 3.85. The van der Waals surface area contributed by atoms with Gasteiger partial charge in [-0.3, -0.25) is 0 Å². The molecule has 0 bridgehead atoms. The van der Waals surface area contributed by atoms with Crippen LogP contribution in [-0.2, 0) is 6.61 Å². The zero-order chi connectivity index (χ0) is 13.8. The summed E-state index contributed by atoms with van der Waals surface area (Å²) in [5.74, 6) is 1.38. The molecule has 0 fully saturated rings. The van der Waals surface area contributed by atoms with Crippen molar-refractivity contribution in [1.29, 1.82) is 5.26 Å². The fourth-order valence-corrected chi connectivity index (χ4v) is 2.40. The number of thiophene rings is 1. The maximum Gasteiger partial charge on any atom is 0.177 e. The second-order valence-corrected chi connectivity index (χ2v) is 5.04. The highest BCUT2D eigenvalue weighted by molar-refractivity contribution is 7.13. The minimum absolute atomic E-state index is 0.309. The van der Waals surface area contributed by atoms with Crippen molar-refractivity contribution < 1.29 is 9.26 Å². The number of ether oxygens (including phenoxy) is 1. The summed E-state index contributed by atoms with van der Waals surface area (Å²) < 4.78 is 10.9. The van der Waals surface area contributed by atoms with Crippen LogP contribution in [0.15, 0.2) is 52.4 Å². The molecule has 0 aliphatic rings. The molecule has 0 spiro atoms. The Bertz CT molecular complexity index is 741. The molecule has 2 aromatic heterocycles. The van der Waals surface area contributed by atoms with E-state index in [-0.39, 0.29) is 0 Å². The Hall–Kier alpha value is -2.58. The van der Waals surface area contributed by atoms with Gasteiger partial charge in [-0.1, -0.05) is 17.3 Å². The number of aromatic nitrogens is 1. The van der Waals surface area contributed by atoms with E-state index >= 15 is 0 Å². The molecule has 2 heterocycles. The van der Waals surface area contributed by atoms with Crippen LogP contribution in [0.2, 0.25) is 0 Å². The van der Waals surface area contributed by atoms with Gasteiger partial charge in [-0.05, 0) is 29.6 Å². The highest BCUT2D eigenvalue weighted by Gasteiger charge is 2.08. The Labute approximate surface area is 119 Å². The molecule has 20 heavy (non-hydrogen) atoms. The number of benzene rings is 1. The lowest BCUT2D eigenvalue weighted by atomic mass is 10.2. The Morgan fingerprint density at radius 2 is 2.20 bits per heavy atom. The van der Waals surface area contributed by atoms with Gasteiger partial charge in [-0.25, -0.2) is 0 Å². The van der Waals surface area contributed by atoms with Crippen LogP contribution in [0.1, 0.15) is 11.3 Å². The van der Waals surface area contributed by atoms with Gasteiger partial charge >= 0.3 is 0 Å². The first-order chi connectivity index (χ1) is 9.85. The Morgan fingerprint density at radius 3 is 3.00 bits per heavy atom. The third-order valence-corrected chi connectivity index (χ3v) is 3.56. The summed E-state index contributed by atoms with van der Waals surface area (Å²) in [7, 11) is 0. The average molecular weight is 282 g/mol. The Kier molecular flexibility index (Phi) is 3.48. The van der Waals surface area contributed by atoms with Crippen molar-refractivity contribution in [3.05, 3.63) is 59.1 Å². The van der Waals surface area contributed by atoms with E-state index in [4.69, 9.17) is 14.5 Å². The topological polar surface area (TPSA) is 59.0 Å². The maximum absolute atomic E-state index is 8.82. The summed E-state index contributed by atoms with van der Waals surface area (Å²) in [6, 6.07) is 14.9. The van der Waals surface area contributed by atoms with Gasteiger partial charge in [0.25, 0.3) is 0 Å². The molecule has 0 N–H and O–H groups in total. The number of nitriles is 1. The van der Waals surface area contributed by atoms with E-state index in [1.165, 1.54) is 0 Å². The van der Waals surface area contributed by atoms with Gasteiger partial charge in [-0.15, -0.1) is 11.3 Å². The lowest BCUT2D eigenvalue weighted by Crippen LogP contribution is -1.95. The van der Waals surface area contributed by atoms with Crippen molar-refractivity contribution in [3.63, 3.8) is 0 Å². The van der Waals surface area contributed by atoms with Crippen molar-refractivity contribution in [2.45, 2.75) is 6.61 Å². The van der Waals surface area contributed by atoms with Crippen molar-refractivity contribution in [3.8, 4) is 22.5 Å². The van der Waals surface area contributed by atoms with Crippen molar-refractivity contribution >= 4 is 11.3 Å². The second-order valence-electron chi connectivity index (χ2n) is 4.09. The molecule has 0 aliphatic heterocycles. The Balaban J connectivity index is 1.68. The van der Waals surface area contributed by atoms with Gasteiger partial charge in [0.1, 0.15) is 18.1 Å². The van der Waals surface area contributed by atoms with E-state index in [0.717, 1.165) is 16.3 Å². The van der Waals surface area contributed by atoms with E-state index in [1.54, 1.807) is 35.6 Å². The highest BCUT2D eigenvalue weighted by Crippen LogP contribution is 2.25. The smallest absolute Gasteiger partial charge is 0.177 e. The monoisotopic (exact) mass is 282 g/mol. The molecule has 5 heteroatoms. The summed E-state index contributed by atoms with van der Waals surface area (Å²) in [5, 5.41) is 14.8. The third-order valence-electron chi connectivity index (χ3n) is 2.67. The summed E-state index contributed by atoms with van der Waals surface area (Å²) >= 11 is 1.60. The molecule has 1 aromatic carbocycles. The van der Waals surface area contributed by atoms with Gasteiger partial charge in [0.05, 0.1) is 16.5 Å². The van der Waals surface area contributed by atoms with Crippen LogP contribution in [0.25, 0.3) is 10.6 Å². The van der Waals surface area contributed by atoms with Crippen molar-refractivity contribution in [2.24, 2.45) is 0 Å². The second kappa shape index (κ2) is 5.59. The molecule has 3 aromatic rings. The number of rotatable bonds is 4. The maximum atomic E-state index is 8.82. The molecular formula is C15H10N2O2S. The van der Waals surface area contributed by atoms with Crippen LogP contribution >= 0.6 is 11.3 Å². The average Bonchev–Trinajstić information content (AvgIpc) is 3.16. The molecule has 0 saturated heterocycles. The van der Waals surface area contributed by atoms with E-state index in [0.29, 0.717) is 17.9 Å². The van der Waals surface area contributed by atoms with E-state index in [1.807, 2.05) is 23.6 Å². The highest BCUT2D eigenvalue weighted by atomic mass is 32.1. The van der Waals surface area contributed by atoms with E-state index in [9.17, 15) is 0 Å². The molecule has 0 amide bonds. The van der Waals surface area contributed by atoms with Crippen LogP contribution in [0.4, 0.5) is 0 Å². The zero-order valence-electron chi connectivity index (χ0n) is 10.4. The van der Waals surface area contributed by atoms with Crippen molar-refractivity contribution in [1.82, 2.24) is 5.16 Å². The fourth-order valence-electron chi connectivity index (χ4n) is 1.73. The Morgan fingerprint density at radius 1 is 1.25 bits per heavy atom. The third kappa shape index (κ3) is 2.71. The van der Waals surface area contributed by atoms with Crippen LogP contribution in [0.5, 0.6) is 5.75 Å². The molecular weight excluding hydrogens is 272 g/mol. The molecule has 3 rings (SSSR count). The lowest BCUT2D eigenvalue weighted by molar-refractivity contribution is 0.290. The number of hydrogen-bond acceptors (Lipinski definition) is 5. The molecule has 0 atom stereocenters. The first-order valence-corrected chi connectivity index (χ1v) is 6.85. The first-order valence-electron chi connectivity index (χ1n) is 5.97. The molecule has 0 aliphatic carbocycles. The van der Waals surface area contributed by atoms with Crippen LogP contribution < -0.4 is 4.74 Å².